The highest BCUT2D eigenvalue weighted by Crippen LogP contribution is 2.38. The van der Waals surface area contributed by atoms with Gasteiger partial charge in [0.25, 0.3) is 0 Å². The number of piperidine rings is 1. The van der Waals surface area contributed by atoms with Gasteiger partial charge in [-0.05, 0) is 123 Å². The minimum Gasteiger partial charge on any atom is -0.508 e. The van der Waals surface area contributed by atoms with Gasteiger partial charge in [0.05, 0.1) is 7.11 Å². The van der Waals surface area contributed by atoms with Crippen LogP contribution in [0.5, 0.6) is 11.5 Å². The molecular formula is C34H46N2O3. The molecule has 2 aromatic carbocycles. The normalized spacial score (nSPS) is 23.9. The maximum Gasteiger partial charge on any atom is 0.119 e. The molecule has 2 unspecified atom stereocenters. The van der Waals surface area contributed by atoms with Crippen LogP contribution >= 0.6 is 0 Å². The number of allylic oxidation sites excluding steroid dienone is 1. The molecule has 2 aromatic rings. The monoisotopic (exact) mass is 530 g/mol. The Balaban J connectivity index is 1.21. The second kappa shape index (κ2) is 13.1. The summed E-state index contributed by atoms with van der Waals surface area (Å²) in [5.41, 5.74) is 3.99. The van der Waals surface area contributed by atoms with Gasteiger partial charge in [-0.1, -0.05) is 38.1 Å². The summed E-state index contributed by atoms with van der Waals surface area (Å²) in [7, 11) is 1.76. The lowest BCUT2D eigenvalue weighted by molar-refractivity contribution is 0.147. The zero-order chi connectivity index (χ0) is 27.2. The van der Waals surface area contributed by atoms with Crippen LogP contribution in [0.2, 0.25) is 0 Å². The maximum atomic E-state index is 9.92. The summed E-state index contributed by atoms with van der Waals surface area (Å²) in [6, 6.07) is 14.9. The first-order valence-electron chi connectivity index (χ1n) is 14.9. The van der Waals surface area contributed by atoms with Crippen LogP contribution in [0.4, 0.5) is 0 Å². The molecule has 0 saturated carbocycles. The van der Waals surface area contributed by atoms with Crippen molar-refractivity contribution in [2.45, 2.75) is 58.5 Å². The van der Waals surface area contributed by atoms with Gasteiger partial charge in [0.15, 0.2) is 0 Å². The fourth-order valence-electron chi connectivity index (χ4n) is 6.61. The fourth-order valence-corrected chi connectivity index (χ4v) is 6.61. The van der Waals surface area contributed by atoms with Crippen LogP contribution in [0.1, 0.15) is 49.8 Å². The number of nitrogens with zero attached hydrogens (tertiary/aromatic N) is 2. The van der Waals surface area contributed by atoms with Crippen molar-refractivity contribution in [2.24, 2.45) is 17.8 Å². The largest absolute Gasteiger partial charge is 0.508 e. The van der Waals surface area contributed by atoms with Crippen LogP contribution < -0.4 is 4.74 Å². The summed E-state index contributed by atoms with van der Waals surface area (Å²) in [4.78, 5) is 5.10. The van der Waals surface area contributed by atoms with Gasteiger partial charge in [-0.3, -0.25) is 9.80 Å². The number of hydrogen-bond acceptors (Lipinski definition) is 5. The van der Waals surface area contributed by atoms with E-state index in [4.69, 9.17) is 9.47 Å². The lowest BCUT2D eigenvalue weighted by Crippen LogP contribution is -2.43. The Morgan fingerprint density at radius 1 is 1.03 bits per heavy atom. The summed E-state index contributed by atoms with van der Waals surface area (Å²) in [5, 5.41) is 9.92. The summed E-state index contributed by atoms with van der Waals surface area (Å²) < 4.78 is 11.8. The fraction of sp³-hybridized carbons (Fsp3) is 0.529. The summed E-state index contributed by atoms with van der Waals surface area (Å²) in [6.07, 6.45) is 12.7. The molecular weight excluding hydrogens is 484 g/mol. The van der Waals surface area contributed by atoms with Crippen LogP contribution in [0.25, 0.3) is 0 Å². The molecule has 0 spiro atoms. The highest BCUT2D eigenvalue weighted by molar-refractivity contribution is 5.37. The van der Waals surface area contributed by atoms with Gasteiger partial charge < -0.3 is 14.6 Å². The number of phenols is 1. The van der Waals surface area contributed by atoms with E-state index in [2.05, 4.69) is 72.2 Å². The Morgan fingerprint density at radius 2 is 1.82 bits per heavy atom. The number of ether oxygens (including phenoxy) is 2. The second-order valence-corrected chi connectivity index (χ2v) is 11.7. The van der Waals surface area contributed by atoms with Crippen molar-refractivity contribution < 1.29 is 14.6 Å². The van der Waals surface area contributed by atoms with Gasteiger partial charge >= 0.3 is 0 Å². The van der Waals surface area contributed by atoms with Crippen molar-refractivity contribution >= 4 is 0 Å². The first-order valence-corrected chi connectivity index (χ1v) is 14.9. The standard InChI is InChI=1S/C34H46N2O3/c1-4-36(24-26-5-11-31(12-6-26)39-20-19-35-17-15-25(2)16-18-35)34-23-32(38-3)13-14-33(34)29-8-7-28-22-30(37)10-9-27(28)21-29/h5-6,9-14,22-23,25,29,33-34,37H,4,7-8,15-21,24H2,1-3H3/t29-,33?,34?/m1/s1. The third-order valence-electron chi connectivity index (χ3n) is 9.14. The Labute approximate surface area is 235 Å². The molecule has 5 heteroatoms. The molecule has 1 saturated heterocycles. The van der Waals surface area contributed by atoms with Crippen LogP contribution in [-0.4, -0.2) is 60.8 Å². The molecule has 0 amide bonds. The topological polar surface area (TPSA) is 45.2 Å². The predicted octanol–water partition coefficient (Wildman–Crippen LogP) is 6.21. The number of hydrogen-bond donors (Lipinski definition) is 1. The van der Waals surface area contributed by atoms with Gasteiger partial charge in [0, 0.05) is 19.1 Å². The molecule has 5 rings (SSSR count). The van der Waals surface area contributed by atoms with E-state index in [0.29, 0.717) is 17.6 Å². The molecule has 3 aliphatic rings. The molecule has 1 N–H and O–H groups in total. The van der Waals surface area contributed by atoms with Gasteiger partial charge in [-0.25, -0.2) is 0 Å². The number of phenolic OH excluding ortho intramolecular Hbond substituents is 1. The van der Waals surface area contributed by atoms with E-state index in [9.17, 15) is 5.11 Å². The lowest BCUT2D eigenvalue weighted by atomic mass is 9.72. The average molecular weight is 531 g/mol. The van der Waals surface area contributed by atoms with Crippen molar-refractivity contribution in [2.75, 3.05) is 39.9 Å². The molecule has 1 heterocycles. The smallest absolute Gasteiger partial charge is 0.119 e. The predicted molar refractivity (Wildman–Crippen MR) is 158 cm³/mol. The van der Waals surface area contributed by atoms with Crippen molar-refractivity contribution in [3.63, 3.8) is 0 Å². The zero-order valence-corrected chi connectivity index (χ0v) is 24.0. The first-order chi connectivity index (χ1) is 19.0. The highest BCUT2D eigenvalue weighted by atomic mass is 16.5. The zero-order valence-electron chi connectivity index (χ0n) is 24.0. The van der Waals surface area contributed by atoms with Crippen molar-refractivity contribution in [1.29, 1.82) is 0 Å². The number of likely N-dealkylation sites (tertiary alicyclic amines) is 1. The third kappa shape index (κ3) is 7.06. The van der Waals surface area contributed by atoms with Gasteiger partial charge in [-0.15, -0.1) is 0 Å². The van der Waals surface area contributed by atoms with E-state index >= 15 is 0 Å². The van der Waals surface area contributed by atoms with E-state index in [1.807, 2.05) is 12.1 Å². The van der Waals surface area contributed by atoms with Crippen molar-refractivity contribution in [3.05, 3.63) is 83.1 Å². The molecule has 1 aliphatic heterocycles. The van der Waals surface area contributed by atoms with Crippen molar-refractivity contribution in [1.82, 2.24) is 9.80 Å². The second-order valence-electron chi connectivity index (χ2n) is 11.7. The molecule has 0 radical (unpaired) electrons. The number of fused-ring (bicyclic) bond motifs is 1. The van der Waals surface area contributed by atoms with Crippen LogP contribution in [0.15, 0.2) is 66.5 Å². The van der Waals surface area contributed by atoms with Crippen molar-refractivity contribution in [3.8, 4) is 11.5 Å². The van der Waals surface area contributed by atoms with Crippen LogP contribution in [0.3, 0.4) is 0 Å². The molecule has 39 heavy (non-hydrogen) atoms. The van der Waals surface area contributed by atoms with E-state index < -0.39 is 0 Å². The number of aromatic hydroxyl groups is 1. The Kier molecular flexibility index (Phi) is 9.31. The molecule has 3 atom stereocenters. The molecule has 210 valence electrons. The molecule has 0 bridgehead atoms. The maximum absolute atomic E-state index is 9.92. The Bertz CT molecular complexity index is 1130. The number of likely N-dealkylation sites (N-methyl/N-ethyl adjacent to an activating group) is 1. The third-order valence-corrected chi connectivity index (χ3v) is 9.14. The average Bonchev–Trinajstić information content (AvgIpc) is 2.97. The van der Waals surface area contributed by atoms with E-state index in [0.717, 1.165) is 62.9 Å². The summed E-state index contributed by atoms with van der Waals surface area (Å²) in [5.74, 6) is 4.13. The molecule has 0 aromatic heterocycles. The lowest BCUT2D eigenvalue weighted by Gasteiger charge is -2.41. The number of methoxy groups -OCH3 is 1. The molecule has 2 aliphatic carbocycles. The SMILES string of the molecule is CCN(Cc1ccc(OCCN2CCC(C)CC2)cc1)C1C=C(OC)C=CC1[C@@H]1CCc2cc(O)ccc2C1. The summed E-state index contributed by atoms with van der Waals surface area (Å²) in [6.45, 7) is 10.6. The number of benzene rings is 2. The van der Waals surface area contributed by atoms with Gasteiger partial charge in [0.1, 0.15) is 23.9 Å². The molecule has 5 nitrogen and oxygen atoms in total. The molecule has 1 fully saturated rings. The summed E-state index contributed by atoms with van der Waals surface area (Å²) >= 11 is 0. The highest BCUT2D eigenvalue weighted by Gasteiger charge is 2.34. The number of aryl methyl sites for hydroxylation is 1. The van der Waals surface area contributed by atoms with E-state index in [1.54, 1.807) is 7.11 Å². The van der Waals surface area contributed by atoms with Gasteiger partial charge in [0.2, 0.25) is 0 Å². The van der Waals surface area contributed by atoms with E-state index in [1.165, 1.54) is 42.6 Å². The Hall–Kier alpha value is -2.76. The van der Waals surface area contributed by atoms with E-state index in [-0.39, 0.29) is 6.04 Å². The van der Waals surface area contributed by atoms with Crippen LogP contribution in [0, 0.1) is 17.8 Å². The Morgan fingerprint density at radius 3 is 2.56 bits per heavy atom. The van der Waals surface area contributed by atoms with Crippen LogP contribution in [-0.2, 0) is 24.1 Å². The number of rotatable bonds is 10. The first kappa shape index (κ1) is 27.8. The van der Waals surface area contributed by atoms with Gasteiger partial charge in [-0.2, -0.15) is 0 Å². The quantitative estimate of drug-likeness (QED) is 0.395. The minimum absolute atomic E-state index is 0.279. The minimum atomic E-state index is 0.279.